The van der Waals surface area contributed by atoms with E-state index < -0.39 is 5.82 Å². The Bertz CT molecular complexity index is 484. The molecule has 20 heavy (non-hydrogen) atoms. The van der Waals surface area contributed by atoms with Gasteiger partial charge in [-0.1, -0.05) is 18.5 Å². The highest BCUT2D eigenvalue weighted by Crippen LogP contribution is 2.37. The zero-order valence-electron chi connectivity index (χ0n) is 11.7. The third kappa shape index (κ3) is 3.10. The van der Waals surface area contributed by atoms with Crippen molar-refractivity contribution in [3.05, 3.63) is 16.9 Å². The first-order chi connectivity index (χ1) is 9.54. The molecule has 112 valence electrons. The van der Waals surface area contributed by atoms with Crippen LogP contribution in [-0.4, -0.2) is 25.8 Å². The molecule has 4 nitrogen and oxygen atoms in total. The van der Waals surface area contributed by atoms with Crippen molar-refractivity contribution in [2.24, 2.45) is 0 Å². The van der Waals surface area contributed by atoms with Crippen LogP contribution >= 0.6 is 11.6 Å². The van der Waals surface area contributed by atoms with Crippen molar-refractivity contribution in [1.82, 2.24) is 0 Å². The van der Waals surface area contributed by atoms with Gasteiger partial charge >= 0.3 is 0 Å². The number of anilines is 3. The molecule has 0 aliphatic carbocycles. The van der Waals surface area contributed by atoms with Gasteiger partial charge in [-0.3, -0.25) is 0 Å². The first-order valence-electron chi connectivity index (χ1n) is 6.94. The molecule has 1 heterocycles. The predicted octanol–water partition coefficient (Wildman–Crippen LogP) is 3.04. The van der Waals surface area contributed by atoms with E-state index in [9.17, 15) is 4.39 Å². The van der Waals surface area contributed by atoms with Crippen LogP contribution in [0.15, 0.2) is 6.07 Å². The Kier molecular flexibility index (Phi) is 4.94. The molecule has 0 bridgehead atoms. The zero-order valence-corrected chi connectivity index (χ0v) is 12.4. The quantitative estimate of drug-likeness (QED) is 0.839. The maximum atomic E-state index is 14.3. The second-order valence-electron chi connectivity index (χ2n) is 5.11. The SMILES string of the molecule is CCCOC1CCCN(c2c(N)cc(N)c(Cl)c2F)C1. The number of nitrogen functional groups attached to an aromatic ring is 2. The smallest absolute Gasteiger partial charge is 0.169 e. The maximum Gasteiger partial charge on any atom is 0.169 e. The lowest BCUT2D eigenvalue weighted by Crippen LogP contribution is -2.40. The van der Waals surface area contributed by atoms with Crippen LogP contribution in [0.5, 0.6) is 0 Å². The van der Waals surface area contributed by atoms with Gasteiger partial charge in [0, 0.05) is 19.7 Å². The number of piperidine rings is 1. The van der Waals surface area contributed by atoms with E-state index in [1.165, 1.54) is 6.07 Å². The molecule has 1 unspecified atom stereocenters. The van der Waals surface area contributed by atoms with Gasteiger partial charge in [-0.15, -0.1) is 0 Å². The van der Waals surface area contributed by atoms with Crippen LogP contribution in [0, 0.1) is 5.82 Å². The summed E-state index contributed by atoms with van der Waals surface area (Å²) in [4.78, 5) is 1.90. The van der Waals surface area contributed by atoms with Crippen molar-refractivity contribution in [2.75, 3.05) is 36.1 Å². The Labute approximate surface area is 123 Å². The number of hydrogen-bond acceptors (Lipinski definition) is 4. The number of rotatable bonds is 4. The molecule has 1 aromatic rings. The fraction of sp³-hybridized carbons (Fsp3) is 0.571. The van der Waals surface area contributed by atoms with Crippen molar-refractivity contribution in [3.63, 3.8) is 0 Å². The minimum absolute atomic E-state index is 0.0641. The van der Waals surface area contributed by atoms with Crippen LogP contribution in [-0.2, 0) is 4.74 Å². The molecule has 0 radical (unpaired) electrons. The summed E-state index contributed by atoms with van der Waals surface area (Å²) in [5.41, 5.74) is 12.4. The van der Waals surface area contributed by atoms with E-state index in [0.29, 0.717) is 17.9 Å². The topological polar surface area (TPSA) is 64.5 Å². The summed E-state index contributed by atoms with van der Waals surface area (Å²) in [5, 5.41) is -0.0641. The first kappa shape index (κ1) is 15.2. The Morgan fingerprint density at radius 1 is 1.45 bits per heavy atom. The van der Waals surface area contributed by atoms with Gasteiger partial charge in [0.1, 0.15) is 5.02 Å². The van der Waals surface area contributed by atoms with E-state index in [0.717, 1.165) is 32.4 Å². The summed E-state index contributed by atoms with van der Waals surface area (Å²) in [6.07, 6.45) is 3.01. The van der Waals surface area contributed by atoms with E-state index in [1.807, 2.05) is 4.90 Å². The highest BCUT2D eigenvalue weighted by Gasteiger charge is 2.26. The molecule has 1 aromatic carbocycles. The van der Waals surface area contributed by atoms with Gasteiger partial charge in [0.05, 0.1) is 23.2 Å². The Morgan fingerprint density at radius 3 is 2.90 bits per heavy atom. The van der Waals surface area contributed by atoms with Crippen LogP contribution in [0.2, 0.25) is 5.02 Å². The second-order valence-corrected chi connectivity index (χ2v) is 5.49. The van der Waals surface area contributed by atoms with Crippen molar-refractivity contribution < 1.29 is 9.13 Å². The molecule has 4 N–H and O–H groups in total. The van der Waals surface area contributed by atoms with E-state index in [-0.39, 0.29) is 16.8 Å². The standard InChI is InChI=1S/C14H21ClFN3O/c1-2-6-20-9-4-3-5-19(8-9)14-11(18)7-10(17)12(15)13(14)16/h7,9H,2-6,8,17-18H2,1H3. The minimum atomic E-state index is -0.541. The largest absolute Gasteiger partial charge is 0.397 e. The van der Waals surface area contributed by atoms with E-state index in [4.69, 9.17) is 27.8 Å². The van der Waals surface area contributed by atoms with Crippen LogP contribution in [0.4, 0.5) is 21.5 Å². The Morgan fingerprint density at radius 2 is 2.20 bits per heavy atom. The van der Waals surface area contributed by atoms with Gasteiger partial charge in [-0.25, -0.2) is 4.39 Å². The lowest BCUT2D eigenvalue weighted by atomic mass is 10.1. The molecular formula is C14H21ClFN3O. The Balaban J connectivity index is 2.21. The maximum absolute atomic E-state index is 14.3. The van der Waals surface area contributed by atoms with Crippen LogP contribution in [0.1, 0.15) is 26.2 Å². The molecule has 1 fully saturated rings. The number of benzene rings is 1. The molecule has 1 aliphatic rings. The summed E-state index contributed by atoms with van der Waals surface area (Å²) in [5.74, 6) is -0.541. The van der Waals surface area contributed by atoms with Gasteiger partial charge < -0.3 is 21.1 Å². The van der Waals surface area contributed by atoms with Crippen molar-refractivity contribution in [3.8, 4) is 0 Å². The monoisotopic (exact) mass is 301 g/mol. The third-order valence-corrected chi connectivity index (χ3v) is 3.87. The molecule has 0 amide bonds. The number of ether oxygens (including phenoxy) is 1. The number of nitrogens with zero attached hydrogens (tertiary/aromatic N) is 1. The van der Waals surface area contributed by atoms with E-state index in [2.05, 4.69) is 6.92 Å². The summed E-state index contributed by atoms with van der Waals surface area (Å²) in [6.45, 7) is 4.16. The highest BCUT2D eigenvalue weighted by atomic mass is 35.5. The van der Waals surface area contributed by atoms with Gasteiger partial charge in [0.25, 0.3) is 0 Å². The normalized spacial score (nSPS) is 19.4. The van der Waals surface area contributed by atoms with Crippen LogP contribution in [0.3, 0.4) is 0 Å². The van der Waals surface area contributed by atoms with Gasteiger partial charge in [0.2, 0.25) is 0 Å². The lowest BCUT2D eigenvalue weighted by molar-refractivity contribution is 0.0440. The van der Waals surface area contributed by atoms with Gasteiger partial charge in [0.15, 0.2) is 5.82 Å². The molecule has 1 aliphatic heterocycles. The van der Waals surface area contributed by atoms with Gasteiger partial charge in [-0.2, -0.15) is 0 Å². The molecule has 1 saturated heterocycles. The number of halogens is 2. The molecular weight excluding hydrogens is 281 g/mol. The molecule has 0 aromatic heterocycles. The molecule has 0 spiro atoms. The second kappa shape index (κ2) is 6.50. The number of nitrogens with two attached hydrogens (primary N) is 2. The molecule has 6 heteroatoms. The highest BCUT2D eigenvalue weighted by molar-refractivity contribution is 6.33. The van der Waals surface area contributed by atoms with Crippen molar-refractivity contribution >= 4 is 28.7 Å². The summed E-state index contributed by atoms with van der Waals surface area (Å²) < 4.78 is 20.1. The minimum Gasteiger partial charge on any atom is -0.397 e. The van der Waals surface area contributed by atoms with Crippen LogP contribution in [0.25, 0.3) is 0 Å². The molecule has 1 atom stereocenters. The average Bonchev–Trinajstić information content (AvgIpc) is 2.43. The summed E-state index contributed by atoms with van der Waals surface area (Å²) in [6, 6.07) is 1.51. The molecule has 0 saturated carbocycles. The fourth-order valence-corrected chi connectivity index (χ4v) is 2.68. The molecule has 2 rings (SSSR count). The van der Waals surface area contributed by atoms with E-state index >= 15 is 0 Å². The van der Waals surface area contributed by atoms with E-state index in [1.54, 1.807) is 0 Å². The summed E-state index contributed by atoms with van der Waals surface area (Å²) in [7, 11) is 0. The lowest BCUT2D eigenvalue weighted by Gasteiger charge is -2.35. The third-order valence-electron chi connectivity index (χ3n) is 3.49. The Hall–Kier alpha value is -1.20. The first-order valence-corrected chi connectivity index (χ1v) is 7.31. The van der Waals surface area contributed by atoms with Crippen LogP contribution < -0.4 is 16.4 Å². The fourth-order valence-electron chi connectivity index (χ4n) is 2.54. The van der Waals surface area contributed by atoms with Crippen molar-refractivity contribution in [1.29, 1.82) is 0 Å². The average molecular weight is 302 g/mol. The predicted molar refractivity (Wildman–Crippen MR) is 81.7 cm³/mol. The summed E-state index contributed by atoms with van der Waals surface area (Å²) >= 11 is 5.88. The van der Waals surface area contributed by atoms with Gasteiger partial charge in [-0.05, 0) is 25.3 Å². The zero-order chi connectivity index (χ0) is 14.7. The number of hydrogen-bond donors (Lipinski definition) is 2. The van der Waals surface area contributed by atoms with Crippen molar-refractivity contribution in [2.45, 2.75) is 32.3 Å².